The van der Waals surface area contributed by atoms with Gasteiger partial charge in [0.15, 0.2) is 0 Å². The molecule has 7 heteroatoms. The van der Waals surface area contributed by atoms with E-state index in [1.165, 1.54) is 12.1 Å². The molecule has 2 rings (SSSR count). The molecule has 1 aromatic carbocycles. The van der Waals surface area contributed by atoms with E-state index in [0.29, 0.717) is 18.3 Å². The molecule has 1 aliphatic heterocycles. The first kappa shape index (κ1) is 15.0. The molecule has 1 aromatic rings. The molecular weight excluding hydrogens is 279 g/mol. The molecule has 1 fully saturated rings. The first-order chi connectivity index (χ1) is 8.16. The molecule has 0 aromatic heterocycles. The van der Waals surface area contributed by atoms with E-state index in [0.717, 1.165) is 19.5 Å². The molecule has 1 saturated heterocycles. The number of nitrogens with zero attached hydrogens (tertiary/aromatic N) is 1. The molecule has 100 valence electrons. The molecule has 0 aliphatic carbocycles. The number of hydrogen-bond acceptors (Lipinski definition) is 4. The zero-order valence-electron chi connectivity index (χ0n) is 9.60. The summed E-state index contributed by atoms with van der Waals surface area (Å²) in [6.07, 6.45) is 1.09. The summed E-state index contributed by atoms with van der Waals surface area (Å²) in [5.74, 6) is 0.991. The zero-order chi connectivity index (χ0) is 12.3. The Morgan fingerprint density at radius 1 is 1.56 bits per heavy atom. The Labute approximate surface area is 116 Å². The summed E-state index contributed by atoms with van der Waals surface area (Å²) >= 11 is 5.91. The second-order valence-electron chi connectivity index (χ2n) is 4.04. The Morgan fingerprint density at radius 2 is 2.33 bits per heavy atom. The van der Waals surface area contributed by atoms with Crippen molar-refractivity contribution in [2.75, 3.05) is 19.7 Å². The Morgan fingerprint density at radius 3 is 2.89 bits per heavy atom. The second-order valence-corrected chi connectivity index (χ2v) is 4.45. The smallest absolute Gasteiger partial charge is 0.271 e. The van der Waals surface area contributed by atoms with Crippen LogP contribution in [-0.2, 0) is 0 Å². The van der Waals surface area contributed by atoms with Crippen LogP contribution in [0.25, 0.3) is 0 Å². The van der Waals surface area contributed by atoms with Crippen molar-refractivity contribution in [2.45, 2.75) is 6.42 Å². The SMILES string of the molecule is Cl.O=[N+]([O-])c1ccc(OCC2CCNC2)c(Cl)c1. The number of halogens is 2. The lowest BCUT2D eigenvalue weighted by Gasteiger charge is -2.11. The van der Waals surface area contributed by atoms with Gasteiger partial charge in [-0.1, -0.05) is 11.6 Å². The molecule has 1 aliphatic rings. The van der Waals surface area contributed by atoms with Crippen LogP contribution < -0.4 is 10.1 Å². The van der Waals surface area contributed by atoms with Gasteiger partial charge in [0.2, 0.25) is 0 Å². The minimum atomic E-state index is -0.476. The maximum absolute atomic E-state index is 10.5. The molecular formula is C11H14Cl2N2O3. The van der Waals surface area contributed by atoms with Gasteiger partial charge in [-0.2, -0.15) is 0 Å². The van der Waals surface area contributed by atoms with Crippen molar-refractivity contribution in [3.63, 3.8) is 0 Å². The summed E-state index contributed by atoms with van der Waals surface area (Å²) in [7, 11) is 0. The van der Waals surface area contributed by atoms with E-state index >= 15 is 0 Å². The van der Waals surface area contributed by atoms with E-state index in [2.05, 4.69) is 5.32 Å². The predicted octanol–water partition coefficient (Wildman–Crippen LogP) is 2.66. The number of nitrogens with one attached hydrogen (secondary N) is 1. The van der Waals surface area contributed by atoms with Gasteiger partial charge < -0.3 is 10.1 Å². The Balaban J connectivity index is 0.00000162. The monoisotopic (exact) mass is 292 g/mol. The number of rotatable bonds is 4. The highest BCUT2D eigenvalue weighted by Gasteiger charge is 2.16. The van der Waals surface area contributed by atoms with Crippen molar-refractivity contribution in [3.8, 4) is 5.75 Å². The van der Waals surface area contributed by atoms with Crippen LogP contribution in [0.2, 0.25) is 5.02 Å². The summed E-state index contributed by atoms with van der Waals surface area (Å²) < 4.78 is 5.56. The highest BCUT2D eigenvalue weighted by Crippen LogP contribution is 2.29. The topological polar surface area (TPSA) is 64.4 Å². The lowest BCUT2D eigenvalue weighted by atomic mass is 10.1. The third-order valence-electron chi connectivity index (χ3n) is 2.76. The maximum atomic E-state index is 10.5. The van der Waals surface area contributed by atoms with Crippen LogP contribution in [0.4, 0.5) is 5.69 Å². The number of benzene rings is 1. The van der Waals surface area contributed by atoms with Crippen LogP contribution in [0.3, 0.4) is 0 Å². The summed E-state index contributed by atoms with van der Waals surface area (Å²) in [5.41, 5.74) is -0.0233. The largest absolute Gasteiger partial charge is 0.492 e. The highest BCUT2D eigenvalue weighted by atomic mass is 35.5. The van der Waals surface area contributed by atoms with E-state index in [9.17, 15) is 10.1 Å². The number of hydrogen-bond donors (Lipinski definition) is 1. The van der Waals surface area contributed by atoms with Crippen molar-refractivity contribution in [1.29, 1.82) is 0 Å². The molecule has 1 unspecified atom stereocenters. The second kappa shape index (κ2) is 6.78. The number of nitro benzene ring substituents is 1. The van der Waals surface area contributed by atoms with Gasteiger partial charge in [-0.3, -0.25) is 10.1 Å². The Hall–Kier alpha value is -1.04. The van der Waals surface area contributed by atoms with Gasteiger partial charge in [0.25, 0.3) is 5.69 Å². The minimum absolute atomic E-state index is 0. The van der Waals surface area contributed by atoms with E-state index in [1.54, 1.807) is 6.07 Å². The van der Waals surface area contributed by atoms with Crippen LogP contribution in [-0.4, -0.2) is 24.6 Å². The van der Waals surface area contributed by atoms with Crippen LogP contribution in [0.15, 0.2) is 18.2 Å². The molecule has 1 heterocycles. The molecule has 0 saturated carbocycles. The van der Waals surface area contributed by atoms with E-state index in [1.807, 2.05) is 0 Å². The van der Waals surface area contributed by atoms with Crippen molar-refractivity contribution >= 4 is 29.7 Å². The molecule has 1 atom stereocenters. The lowest BCUT2D eigenvalue weighted by molar-refractivity contribution is -0.384. The zero-order valence-corrected chi connectivity index (χ0v) is 11.2. The van der Waals surface area contributed by atoms with Crippen LogP contribution in [0, 0.1) is 16.0 Å². The van der Waals surface area contributed by atoms with Crippen molar-refractivity contribution in [1.82, 2.24) is 5.32 Å². The van der Waals surface area contributed by atoms with Crippen molar-refractivity contribution < 1.29 is 9.66 Å². The fourth-order valence-electron chi connectivity index (χ4n) is 1.78. The summed E-state index contributed by atoms with van der Waals surface area (Å²) in [6.45, 7) is 2.55. The number of nitro groups is 1. The number of ether oxygens (including phenoxy) is 1. The van der Waals surface area contributed by atoms with Gasteiger partial charge in [0.05, 0.1) is 16.6 Å². The van der Waals surface area contributed by atoms with Crippen LogP contribution in [0.1, 0.15) is 6.42 Å². The first-order valence-corrected chi connectivity index (χ1v) is 5.82. The molecule has 0 amide bonds. The average Bonchev–Trinajstić information content (AvgIpc) is 2.80. The van der Waals surface area contributed by atoms with Gasteiger partial charge in [0.1, 0.15) is 5.75 Å². The third-order valence-corrected chi connectivity index (χ3v) is 3.06. The van der Waals surface area contributed by atoms with E-state index < -0.39 is 4.92 Å². The lowest BCUT2D eigenvalue weighted by Crippen LogP contribution is -2.15. The van der Waals surface area contributed by atoms with E-state index in [-0.39, 0.29) is 23.1 Å². The highest BCUT2D eigenvalue weighted by molar-refractivity contribution is 6.32. The summed E-state index contributed by atoms with van der Waals surface area (Å²) in [6, 6.07) is 4.25. The minimum Gasteiger partial charge on any atom is -0.492 e. The molecule has 0 bridgehead atoms. The normalized spacial score (nSPS) is 18.2. The van der Waals surface area contributed by atoms with Gasteiger partial charge >= 0.3 is 0 Å². The third kappa shape index (κ3) is 3.73. The quantitative estimate of drug-likeness (QED) is 0.684. The van der Waals surface area contributed by atoms with E-state index in [4.69, 9.17) is 16.3 Å². The maximum Gasteiger partial charge on any atom is 0.271 e. The Bertz CT molecular complexity index is 423. The van der Waals surface area contributed by atoms with Gasteiger partial charge in [0, 0.05) is 24.6 Å². The average molecular weight is 293 g/mol. The molecule has 0 radical (unpaired) electrons. The summed E-state index contributed by atoms with van der Waals surface area (Å²) in [5, 5.41) is 14.1. The van der Waals surface area contributed by atoms with Gasteiger partial charge in [-0.25, -0.2) is 0 Å². The standard InChI is InChI=1S/C11H13ClN2O3.ClH/c12-10-5-9(14(15)16)1-2-11(10)17-7-8-3-4-13-6-8;/h1-2,5,8,13H,3-4,6-7H2;1H. The summed E-state index contributed by atoms with van der Waals surface area (Å²) in [4.78, 5) is 10.1. The first-order valence-electron chi connectivity index (χ1n) is 5.44. The molecule has 5 nitrogen and oxygen atoms in total. The van der Waals surface area contributed by atoms with Gasteiger partial charge in [-0.15, -0.1) is 12.4 Å². The predicted molar refractivity (Wildman–Crippen MR) is 71.8 cm³/mol. The Kier molecular flexibility index (Phi) is 5.65. The van der Waals surface area contributed by atoms with Gasteiger partial charge in [-0.05, 0) is 19.0 Å². The molecule has 18 heavy (non-hydrogen) atoms. The van der Waals surface area contributed by atoms with Crippen LogP contribution >= 0.6 is 24.0 Å². The molecule has 1 N–H and O–H groups in total. The van der Waals surface area contributed by atoms with Crippen molar-refractivity contribution in [2.24, 2.45) is 5.92 Å². The fourth-order valence-corrected chi connectivity index (χ4v) is 2.01. The van der Waals surface area contributed by atoms with Crippen molar-refractivity contribution in [3.05, 3.63) is 33.3 Å². The molecule has 0 spiro atoms. The fraction of sp³-hybridized carbons (Fsp3) is 0.455. The van der Waals surface area contributed by atoms with Crippen LogP contribution in [0.5, 0.6) is 5.75 Å². The number of non-ortho nitro benzene ring substituents is 1.